The van der Waals surface area contributed by atoms with Gasteiger partial charge in [0.2, 0.25) is 0 Å². The minimum Gasteiger partial charge on any atom is -0.857 e. The van der Waals surface area contributed by atoms with Crippen LogP contribution in [0.25, 0.3) is 0 Å². The first-order chi connectivity index (χ1) is 11.2. The fourth-order valence-electron chi connectivity index (χ4n) is 2.64. The molecule has 2 nitrogen and oxygen atoms in total. The number of hydrogen-bond donors (Lipinski definition) is 0. The Morgan fingerprint density at radius 1 is 0.600 bits per heavy atom. The van der Waals surface area contributed by atoms with Gasteiger partial charge in [0.25, 0.3) is 0 Å². The maximum absolute atomic E-state index is 9.75. The van der Waals surface area contributed by atoms with Crippen molar-refractivity contribution in [1.82, 2.24) is 0 Å². The molecule has 150 valence electrons. The predicted molar refractivity (Wildman–Crippen MR) is 95.5 cm³/mol. The molecule has 0 amide bonds. The Balaban J connectivity index is -0.000000236. The maximum atomic E-state index is 9.75. The third kappa shape index (κ3) is 29.7. The van der Waals surface area contributed by atoms with Crippen molar-refractivity contribution in [1.29, 1.82) is 0 Å². The van der Waals surface area contributed by atoms with Gasteiger partial charge in [0.15, 0.2) is 0 Å². The summed E-state index contributed by atoms with van der Waals surface area (Å²) in [6.45, 7) is 15.0. The molecule has 25 heavy (non-hydrogen) atoms. The van der Waals surface area contributed by atoms with E-state index in [-0.39, 0.29) is 29.6 Å². The van der Waals surface area contributed by atoms with Crippen molar-refractivity contribution in [2.75, 3.05) is 33.3 Å². The van der Waals surface area contributed by atoms with E-state index in [1.807, 2.05) is 0 Å². The molecule has 0 heterocycles. The van der Waals surface area contributed by atoms with Crippen molar-refractivity contribution >= 4 is 7.25 Å². The standard InChI is InChI=1S/C16H36N.CH3O.BF4.Na/c1-5-9-13-17(14-10-6-2,15-11-7-3)16-12-8-4;1-2;2-1(3,4)5;/h5-16H2,1-4H3;1H3;;/q+1;2*-1;+1. The van der Waals surface area contributed by atoms with Crippen molar-refractivity contribution in [2.45, 2.75) is 79.1 Å². The third-order valence-electron chi connectivity index (χ3n) is 3.94. The Bertz CT molecular complexity index is 204. The van der Waals surface area contributed by atoms with Crippen molar-refractivity contribution in [2.24, 2.45) is 0 Å². The summed E-state index contributed by atoms with van der Waals surface area (Å²) < 4.78 is 40.4. The zero-order chi connectivity index (χ0) is 19.5. The number of unbranched alkanes of at least 4 members (excludes halogenated alkanes) is 4. The second kappa shape index (κ2) is 22.7. The van der Waals surface area contributed by atoms with E-state index in [1.165, 1.54) is 82.0 Å². The van der Waals surface area contributed by atoms with Gasteiger partial charge in [-0.25, -0.2) is 0 Å². The molecule has 0 N–H and O–H groups in total. The molecule has 0 aromatic heterocycles. The summed E-state index contributed by atoms with van der Waals surface area (Å²) in [4.78, 5) is 0. The number of quaternary nitrogens is 1. The fourth-order valence-corrected chi connectivity index (χ4v) is 2.64. The van der Waals surface area contributed by atoms with E-state index in [0.717, 1.165) is 7.11 Å². The van der Waals surface area contributed by atoms with Gasteiger partial charge in [0.1, 0.15) is 0 Å². The normalized spacial score (nSPS) is 10.8. The van der Waals surface area contributed by atoms with Crippen LogP contribution in [0.15, 0.2) is 0 Å². The smallest absolute Gasteiger partial charge is 0.857 e. The Kier molecular flexibility index (Phi) is 30.3. The maximum Gasteiger partial charge on any atom is 1.00 e. The molecule has 0 aromatic rings. The Morgan fingerprint density at radius 2 is 0.760 bits per heavy atom. The summed E-state index contributed by atoms with van der Waals surface area (Å²) >= 11 is 0. The molecular weight excluding hydrogens is 344 g/mol. The average molecular weight is 383 g/mol. The van der Waals surface area contributed by atoms with E-state index in [4.69, 9.17) is 5.11 Å². The summed E-state index contributed by atoms with van der Waals surface area (Å²) in [5, 5.41) is 8.25. The second-order valence-electron chi connectivity index (χ2n) is 6.15. The summed E-state index contributed by atoms with van der Waals surface area (Å²) in [5.41, 5.74) is 0. The van der Waals surface area contributed by atoms with Crippen LogP contribution in [0, 0.1) is 0 Å². The van der Waals surface area contributed by atoms with E-state index >= 15 is 0 Å². The van der Waals surface area contributed by atoms with E-state index in [0.29, 0.717) is 0 Å². The summed E-state index contributed by atoms with van der Waals surface area (Å²) in [7, 11) is -5.25. The Hall–Kier alpha value is 0.705. The van der Waals surface area contributed by atoms with Gasteiger partial charge < -0.3 is 26.9 Å². The molecule has 0 atom stereocenters. The molecule has 0 aliphatic rings. The molecular formula is C17H39BF4NNaO. The van der Waals surface area contributed by atoms with E-state index in [2.05, 4.69) is 27.7 Å². The minimum atomic E-state index is -6.00. The quantitative estimate of drug-likeness (QED) is 0.288. The zero-order valence-corrected chi connectivity index (χ0v) is 19.4. The molecule has 8 heteroatoms. The van der Waals surface area contributed by atoms with Crippen LogP contribution >= 0.6 is 0 Å². The molecule has 0 aliphatic heterocycles. The average Bonchev–Trinajstić information content (AvgIpc) is 2.54. The number of hydrogen-bond acceptors (Lipinski definition) is 1. The molecule has 0 aliphatic carbocycles. The summed E-state index contributed by atoms with van der Waals surface area (Å²) in [6.07, 6.45) is 11.1. The van der Waals surface area contributed by atoms with Gasteiger partial charge in [-0.05, 0) is 25.7 Å². The van der Waals surface area contributed by atoms with Crippen LogP contribution in [0.5, 0.6) is 0 Å². The van der Waals surface area contributed by atoms with E-state index in [1.54, 1.807) is 0 Å². The SMILES string of the molecule is CCCC[N+](CCCC)(CCCC)CCCC.C[O-].F[B-](F)(F)F.[Na+]. The number of nitrogens with zero attached hydrogens (tertiary/aromatic N) is 1. The van der Waals surface area contributed by atoms with Crippen molar-refractivity contribution in [3.05, 3.63) is 0 Å². The van der Waals surface area contributed by atoms with Crippen LogP contribution in [-0.2, 0) is 0 Å². The van der Waals surface area contributed by atoms with Crippen LogP contribution in [0.3, 0.4) is 0 Å². The summed E-state index contributed by atoms with van der Waals surface area (Å²) in [6, 6.07) is 0. The first-order valence-electron chi connectivity index (χ1n) is 9.37. The van der Waals surface area contributed by atoms with Gasteiger partial charge in [-0.2, -0.15) is 7.11 Å². The zero-order valence-electron chi connectivity index (χ0n) is 17.4. The first kappa shape index (κ1) is 33.3. The second-order valence-corrected chi connectivity index (χ2v) is 6.15. The van der Waals surface area contributed by atoms with Crippen molar-refractivity contribution < 1.29 is 56.4 Å². The van der Waals surface area contributed by atoms with Crippen LogP contribution in [-0.4, -0.2) is 45.0 Å². The largest absolute Gasteiger partial charge is 1.00 e. The van der Waals surface area contributed by atoms with Gasteiger partial charge in [0.05, 0.1) is 26.2 Å². The van der Waals surface area contributed by atoms with Crippen molar-refractivity contribution in [3.8, 4) is 0 Å². The molecule has 0 fully saturated rings. The fraction of sp³-hybridized carbons (Fsp3) is 1.00. The molecule has 0 spiro atoms. The molecule has 0 unspecified atom stereocenters. The Morgan fingerprint density at radius 3 is 0.880 bits per heavy atom. The molecule has 0 saturated carbocycles. The van der Waals surface area contributed by atoms with Gasteiger partial charge in [-0.1, -0.05) is 53.4 Å². The van der Waals surface area contributed by atoms with Crippen LogP contribution in [0.2, 0.25) is 0 Å². The van der Waals surface area contributed by atoms with Gasteiger partial charge in [0, 0.05) is 0 Å². The first-order valence-corrected chi connectivity index (χ1v) is 9.37. The van der Waals surface area contributed by atoms with Crippen LogP contribution < -0.4 is 34.7 Å². The third-order valence-corrected chi connectivity index (χ3v) is 3.94. The van der Waals surface area contributed by atoms with Crippen LogP contribution in [0.4, 0.5) is 17.3 Å². The number of halogens is 4. The predicted octanol–water partition coefficient (Wildman–Crippen LogP) is 2.28. The topological polar surface area (TPSA) is 23.1 Å². The monoisotopic (exact) mass is 383 g/mol. The van der Waals surface area contributed by atoms with Crippen LogP contribution in [0.1, 0.15) is 79.1 Å². The molecule has 0 rings (SSSR count). The van der Waals surface area contributed by atoms with Gasteiger partial charge in [-0.3, -0.25) is 0 Å². The minimum absolute atomic E-state index is 0. The molecule has 0 radical (unpaired) electrons. The van der Waals surface area contributed by atoms with E-state index < -0.39 is 7.25 Å². The van der Waals surface area contributed by atoms with E-state index in [9.17, 15) is 17.3 Å². The van der Waals surface area contributed by atoms with Crippen molar-refractivity contribution in [3.63, 3.8) is 0 Å². The van der Waals surface area contributed by atoms with Gasteiger partial charge >= 0.3 is 36.8 Å². The number of rotatable bonds is 12. The molecule has 0 saturated heterocycles. The van der Waals surface area contributed by atoms with Gasteiger partial charge in [-0.15, -0.1) is 0 Å². The Labute approximate surface area is 175 Å². The molecule has 0 bridgehead atoms. The summed E-state index contributed by atoms with van der Waals surface area (Å²) in [5.74, 6) is 0. The molecule has 0 aromatic carbocycles.